The van der Waals surface area contributed by atoms with Crippen LogP contribution in [0.15, 0.2) is 41.4 Å². The van der Waals surface area contributed by atoms with Gasteiger partial charge in [-0.25, -0.2) is 0 Å². The molecule has 0 saturated heterocycles. The summed E-state index contributed by atoms with van der Waals surface area (Å²) >= 11 is 6.04. The summed E-state index contributed by atoms with van der Waals surface area (Å²) in [6.07, 6.45) is 0.237. The molecule has 0 spiro atoms. The number of aliphatic imine (C=N–C) groups is 1. The lowest BCUT2D eigenvalue weighted by molar-refractivity contribution is -0.116. The second-order valence-corrected chi connectivity index (χ2v) is 6.39. The molecule has 0 heterocycles. The Labute approximate surface area is 176 Å². The van der Waals surface area contributed by atoms with Crippen molar-refractivity contribution in [1.29, 1.82) is 0 Å². The Kier molecular flexibility index (Phi) is 8.87. The van der Waals surface area contributed by atoms with Crippen LogP contribution < -0.4 is 16.4 Å². The predicted molar refractivity (Wildman–Crippen MR) is 121 cm³/mol. The zero-order valence-electron chi connectivity index (χ0n) is 15.1. The molecule has 0 aromatic heterocycles. The first-order valence-electron chi connectivity index (χ1n) is 8.05. The van der Waals surface area contributed by atoms with Crippen molar-refractivity contribution in [2.45, 2.75) is 27.2 Å². The number of nitrogens with two attached hydrogens (primary N) is 1. The van der Waals surface area contributed by atoms with Crippen molar-refractivity contribution in [2.24, 2.45) is 10.7 Å². The smallest absolute Gasteiger partial charge is 0.226 e. The average Bonchev–Trinajstić information content (AvgIpc) is 2.50. The van der Waals surface area contributed by atoms with Crippen LogP contribution in [0.25, 0.3) is 0 Å². The van der Waals surface area contributed by atoms with E-state index in [1.54, 1.807) is 12.1 Å². The Balaban J connectivity index is 0.00000338. The van der Waals surface area contributed by atoms with Gasteiger partial charge in [0.1, 0.15) is 0 Å². The fourth-order valence-corrected chi connectivity index (χ4v) is 2.64. The first-order chi connectivity index (χ1) is 11.8. The summed E-state index contributed by atoms with van der Waals surface area (Å²) in [7, 11) is 0. The summed E-state index contributed by atoms with van der Waals surface area (Å²) in [4.78, 5) is 16.2. The van der Waals surface area contributed by atoms with E-state index in [1.165, 1.54) is 0 Å². The standard InChI is InChI=1S/C19H23ClN4O.HI/c1-12-9-13(2)11-15(10-12)23-19(21)22-8-7-18(25)24-17-6-4-5-16(20)14(17)3;/h4-6,9-11H,7-8H2,1-3H3,(H,24,25)(H3,21,22,23);1H. The van der Waals surface area contributed by atoms with Crippen molar-refractivity contribution in [3.63, 3.8) is 0 Å². The van der Waals surface area contributed by atoms with Gasteiger partial charge in [0.25, 0.3) is 0 Å². The van der Waals surface area contributed by atoms with Gasteiger partial charge in [-0.15, -0.1) is 24.0 Å². The number of nitrogens with one attached hydrogen (secondary N) is 2. The molecule has 2 aromatic carbocycles. The Bertz CT molecular complexity index is 788. The Morgan fingerprint density at radius 3 is 2.42 bits per heavy atom. The number of anilines is 2. The number of benzene rings is 2. The molecule has 1 amide bonds. The van der Waals surface area contributed by atoms with Crippen LogP contribution in [0.3, 0.4) is 0 Å². The average molecular weight is 487 g/mol. The van der Waals surface area contributed by atoms with Crippen molar-refractivity contribution in [3.05, 3.63) is 58.1 Å². The summed E-state index contributed by atoms with van der Waals surface area (Å²) in [6.45, 7) is 6.21. The van der Waals surface area contributed by atoms with E-state index < -0.39 is 0 Å². The number of rotatable bonds is 5. The highest BCUT2D eigenvalue weighted by molar-refractivity contribution is 14.0. The van der Waals surface area contributed by atoms with E-state index in [0.717, 1.165) is 22.4 Å². The topological polar surface area (TPSA) is 79.5 Å². The molecule has 2 rings (SSSR count). The van der Waals surface area contributed by atoms with Gasteiger partial charge in [0.15, 0.2) is 5.96 Å². The van der Waals surface area contributed by atoms with Crippen LogP contribution in [0.4, 0.5) is 11.4 Å². The molecule has 0 atom stereocenters. The quantitative estimate of drug-likeness (QED) is 0.327. The van der Waals surface area contributed by atoms with Crippen LogP contribution in [0.2, 0.25) is 5.02 Å². The zero-order chi connectivity index (χ0) is 18.4. The molecular weight excluding hydrogens is 463 g/mol. The molecule has 0 bridgehead atoms. The number of hydrogen-bond donors (Lipinski definition) is 3. The van der Waals surface area contributed by atoms with Crippen LogP contribution in [-0.2, 0) is 4.79 Å². The molecule has 5 nitrogen and oxygen atoms in total. The van der Waals surface area contributed by atoms with Gasteiger partial charge in [-0.3, -0.25) is 9.79 Å². The molecular formula is C19H24ClIN4O. The number of amides is 1. The van der Waals surface area contributed by atoms with Gasteiger partial charge < -0.3 is 16.4 Å². The maximum Gasteiger partial charge on any atom is 0.226 e. The minimum absolute atomic E-state index is 0. The minimum Gasteiger partial charge on any atom is -0.370 e. The first kappa shape index (κ1) is 22.2. The number of nitrogens with zero attached hydrogens (tertiary/aromatic N) is 1. The van der Waals surface area contributed by atoms with Crippen molar-refractivity contribution >= 4 is 58.8 Å². The Hall–Kier alpha value is -1.80. The van der Waals surface area contributed by atoms with Crippen molar-refractivity contribution < 1.29 is 4.79 Å². The number of carbonyl (C=O) groups excluding carboxylic acids is 1. The lowest BCUT2D eigenvalue weighted by Gasteiger charge is -2.09. The molecule has 0 aliphatic rings. The summed E-state index contributed by atoms with van der Waals surface area (Å²) in [5.74, 6) is 0.157. The number of guanidine groups is 1. The molecule has 4 N–H and O–H groups in total. The van der Waals surface area contributed by atoms with Gasteiger partial charge >= 0.3 is 0 Å². The fraction of sp³-hybridized carbons (Fsp3) is 0.263. The number of carbonyl (C=O) groups is 1. The highest BCUT2D eigenvalue weighted by atomic mass is 127. The highest BCUT2D eigenvalue weighted by Gasteiger charge is 2.06. The first-order valence-corrected chi connectivity index (χ1v) is 8.43. The maximum absolute atomic E-state index is 12.0. The normalized spacial score (nSPS) is 10.8. The number of hydrogen-bond acceptors (Lipinski definition) is 2. The second kappa shape index (κ2) is 10.4. The Morgan fingerprint density at radius 1 is 1.12 bits per heavy atom. The van der Waals surface area contributed by atoms with Gasteiger partial charge in [-0.1, -0.05) is 23.7 Å². The second-order valence-electron chi connectivity index (χ2n) is 5.98. The molecule has 0 aliphatic heterocycles. The zero-order valence-corrected chi connectivity index (χ0v) is 18.2. The van der Waals surface area contributed by atoms with Crippen LogP contribution in [0, 0.1) is 20.8 Å². The monoisotopic (exact) mass is 486 g/mol. The van der Waals surface area contributed by atoms with Gasteiger partial charge in [0.05, 0.1) is 6.54 Å². The van der Waals surface area contributed by atoms with Crippen LogP contribution >= 0.6 is 35.6 Å². The fourth-order valence-electron chi connectivity index (χ4n) is 2.47. The van der Waals surface area contributed by atoms with Crippen molar-refractivity contribution in [2.75, 3.05) is 17.2 Å². The molecule has 0 radical (unpaired) electrons. The van der Waals surface area contributed by atoms with E-state index in [4.69, 9.17) is 17.3 Å². The SMILES string of the molecule is Cc1cc(C)cc(NC(N)=NCCC(=O)Nc2cccc(Cl)c2C)c1.I. The van der Waals surface area contributed by atoms with Gasteiger partial charge in [0.2, 0.25) is 5.91 Å². The molecule has 7 heteroatoms. The van der Waals surface area contributed by atoms with Crippen molar-refractivity contribution in [3.8, 4) is 0 Å². The highest BCUT2D eigenvalue weighted by Crippen LogP contribution is 2.22. The van der Waals surface area contributed by atoms with E-state index in [1.807, 2.05) is 39.0 Å². The van der Waals surface area contributed by atoms with Gasteiger partial charge in [0, 0.05) is 22.8 Å². The third kappa shape index (κ3) is 6.84. The number of aryl methyl sites for hydroxylation is 2. The molecule has 0 saturated carbocycles. The maximum atomic E-state index is 12.0. The predicted octanol–water partition coefficient (Wildman–Crippen LogP) is 4.64. The molecule has 0 unspecified atom stereocenters. The molecule has 140 valence electrons. The number of halogens is 2. The van der Waals surface area contributed by atoms with Crippen LogP contribution in [0.5, 0.6) is 0 Å². The van der Waals surface area contributed by atoms with Crippen molar-refractivity contribution in [1.82, 2.24) is 0 Å². The Morgan fingerprint density at radius 2 is 1.77 bits per heavy atom. The van der Waals surface area contributed by atoms with Gasteiger partial charge in [-0.05, 0) is 61.7 Å². The molecule has 0 aliphatic carbocycles. The van der Waals surface area contributed by atoms with Crippen LogP contribution in [0.1, 0.15) is 23.1 Å². The van der Waals surface area contributed by atoms with E-state index in [0.29, 0.717) is 17.3 Å². The van der Waals surface area contributed by atoms with Gasteiger partial charge in [-0.2, -0.15) is 0 Å². The third-order valence-corrected chi connectivity index (χ3v) is 4.07. The summed E-state index contributed by atoms with van der Waals surface area (Å²) in [6, 6.07) is 11.5. The third-order valence-electron chi connectivity index (χ3n) is 3.66. The van der Waals surface area contributed by atoms with E-state index >= 15 is 0 Å². The van der Waals surface area contributed by atoms with E-state index in [-0.39, 0.29) is 42.3 Å². The lowest BCUT2D eigenvalue weighted by Crippen LogP contribution is -2.23. The summed E-state index contributed by atoms with van der Waals surface area (Å²) in [5, 5.41) is 6.50. The van der Waals surface area contributed by atoms with E-state index in [2.05, 4.69) is 21.7 Å². The van der Waals surface area contributed by atoms with Crippen LogP contribution in [-0.4, -0.2) is 18.4 Å². The van der Waals surface area contributed by atoms with E-state index in [9.17, 15) is 4.79 Å². The summed E-state index contributed by atoms with van der Waals surface area (Å²) < 4.78 is 0. The largest absolute Gasteiger partial charge is 0.370 e. The molecule has 26 heavy (non-hydrogen) atoms. The molecule has 2 aromatic rings. The lowest BCUT2D eigenvalue weighted by atomic mass is 10.1. The minimum atomic E-state index is -0.131. The summed E-state index contributed by atoms with van der Waals surface area (Å²) in [5.41, 5.74) is 10.6. The molecule has 0 fully saturated rings.